The van der Waals surface area contributed by atoms with Crippen molar-refractivity contribution in [2.24, 2.45) is 10.2 Å². The van der Waals surface area contributed by atoms with Gasteiger partial charge in [-0.3, -0.25) is 15.0 Å². The van der Waals surface area contributed by atoms with Crippen LogP contribution in [0, 0.1) is 56.7 Å². The molecule has 0 radical (unpaired) electrons. The number of H-pyrrole nitrogens is 3. The number of hydrogen-bond acceptors (Lipinski definition) is 15. The predicted octanol–water partition coefficient (Wildman–Crippen LogP) is 1.79. The van der Waals surface area contributed by atoms with Crippen molar-refractivity contribution in [2.45, 2.75) is 13.8 Å². The zero-order valence-electron chi connectivity index (χ0n) is 36.6. The average molecular weight is 1960 g/mol. The molecule has 0 bridgehead atoms. The van der Waals surface area contributed by atoms with Crippen molar-refractivity contribution in [1.82, 2.24) is 28.7 Å². The first-order valence-electron chi connectivity index (χ1n) is 16.5. The van der Waals surface area contributed by atoms with E-state index in [1.807, 2.05) is 0 Å². The molecular formula is C38H49N8O15PRf4-8. The van der Waals surface area contributed by atoms with Crippen molar-refractivity contribution in [3.63, 3.8) is 0 Å². The quantitative estimate of drug-likeness (QED) is 0.0707. The van der Waals surface area contributed by atoms with Crippen molar-refractivity contribution in [1.29, 1.82) is 0 Å². The van der Waals surface area contributed by atoms with E-state index >= 15 is 0 Å². The van der Waals surface area contributed by atoms with Gasteiger partial charge in [-0.25, -0.2) is 59.5 Å². The van der Waals surface area contributed by atoms with Crippen LogP contribution < -0.4 is 50.1 Å². The van der Waals surface area contributed by atoms with E-state index in [1.165, 1.54) is 15.9 Å². The maximum absolute atomic E-state index is 10.9. The third-order valence-electron chi connectivity index (χ3n) is 5.86. The molecule has 5 rings (SSSR count). The molecule has 0 fully saturated rings. The topological polar surface area (TPSA) is 343 Å². The fraction of sp³-hybridized carbons (Fsp3) is 0.105. The van der Waals surface area contributed by atoms with Crippen LogP contribution in [0.2, 0.25) is 0 Å². The van der Waals surface area contributed by atoms with Crippen LogP contribution in [0.25, 0.3) is 0 Å². The number of rotatable bonds is 5. The van der Waals surface area contributed by atoms with E-state index in [-0.39, 0.29) is 13.2 Å². The van der Waals surface area contributed by atoms with Crippen molar-refractivity contribution in [3.8, 4) is 0 Å². The number of aromatic nitrogens is 6. The average Bonchev–Trinajstić information content (AvgIpc) is 3.31. The number of azo groups is 1. The van der Waals surface area contributed by atoms with Gasteiger partial charge < -0.3 is 63.1 Å². The van der Waals surface area contributed by atoms with E-state index in [1.54, 1.807) is 28.8 Å². The number of nitrogens with one attached hydrogen (secondary N) is 3. The van der Waals surface area contributed by atoms with Gasteiger partial charge in [0.1, 0.15) is 0 Å². The first-order valence-corrected chi connectivity index (χ1v) is 17.8. The van der Waals surface area contributed by atoms with Crippen molar-refractivity contribution in [3.05, 3.63) is 211 Å². The summed E-state index contributed by atoms with van der Waals surface area (Å²) in [7, 11) is 20.1. The van der Waals surface area contributed by atoms with Gasteiger partial charge in [0.25, 0.3) is 0 Å². The second-order valence-electron chi connectivity index (χ2n) is 9.43. The minimum absolute atomic E-state index is 0. The third kappa shape index (κ3) is 27.5. The molecule has 2 amide bonds. The van der Waals surface area contributed by atoms with Gasteiger partial charge in [0.2, 0.25) is 17.1 Å². The number of benzene rings is 3. The number of nitrogens with zero attached hydrogens (tertiary/aromatic N) is 5. The van der Waals surface area contributed by atoms with Gasteiger partial charge >= 0.3 is 29.3 Å². The summed E-state index contributed by atoms with van der Waals surface area (Å²) in [6.45, 7) is 3.64. The van der Waals surface area contributed by atoms with E-state index in [4.69, 9.17) is 25.5 Å². The standard InChI is InChI=1S/C18H15P.C6H6N3O3.C6H10N2O4.C3H3N3O3.5CH3O.4Rf/c1-4-10-16(11-5-1)19(17-12-6-2-7-13-17)18-14-8-3-9-15-18;1-7-4(10)8(2)6(12)9(3)5(7)11;1-3-11-5(9)7-8-6(10)12-4-2;7-1-4-2(8)6-3(9)5-1;5*1-2;;;;/h1-15H;1-3H2;3-4H2,1-2H3;(H3,4,5,6,7,8,9);5*2H,1H2;;;;/q;-3;;;5*-1;;;;. The molecule has 352 valence electrons. The van der Waals surface area contributed by atoms with Gasteiger partial charge in [0.05, 0.1) is 13.2 Å². The van der Waals surface area contributed by atoms with Gasteiger partial charge in [-0.05, 0) is 37.7 Å². The Morgan fingerprint density at radius 2 is 0.667 bits per heavy atom. The Morgan fingerprint density at radius 1 is 0.470 bits per heavy atom. The molecule has 0 saturated heterocycles. The SMILES string of the molecule is CCOC(=O)N=NC(=O)OCC.O=c1[nH]c(=O)[nH]c(=O)[nH]1.[CH2-]O.[CH2-]O.[CH2-]O.[CH2-]O.[CH2-]O.[CH2-]n1c(=O)n([CH2-])c(=O)n([CH2-])c1=O.[Rf].[Rf].[Rf].[Rf].c1ccc(P(c2ccccc2)c2ccccc2)cc1. The van der Waals surface area contributed by atoms with Gasteiger partial charge in [-0.1, -0.05) is 101 Å². The molecule has 0 aliphatic carbocycles. The maximum atomic E-state index is 10.9. The van der Waals surface area contributed by atoms with Crippen molar-refractivity contribution >= 4 is 36.0 Å². The summed E-state index contributed by atoms with van der Waals surface area (Å²) >= 11 is 0. The summed E-state index contributed by atoms with van der Waals surface area (Å²) in [5.74, 6) is 0. The number of aliphatic hydroxyl groups excluding tert-OH is 5. The molecule has 0 aliphatic heterocycles. The van der Waals surface area contributed by atoms with Gasteiger partial charge in [0, 0.05) is 0 Å². The van der Waals surface area contributed by atoms with Crippen LogP contribution in [0.5, 0.6) is 0 Å². The first kappa shape index (κ1) is 72.5. The van der Waals surface area contributed by atoms with E-state index in [9.17, 15) is 38.4 Å². The van der Waals surface area contributed by atoms with Crippen LogP contribution in [0.4, 0.5) is 9.59 Å². The zero-order chi connectivity index (χ0) is 48.6. The molecule has 5 aromatic rings. The Hall–Kier alpha value is -11.1. The second kappa shape index (κ2) is 45.0. The fourth-order valence-electron chi connectivity index (χ4n) is 3.65. The molecule has 3 aromatic carbocycles. The first-order chi connectivity index (χ1) is 29.8. The number of carbonyl (C=O) groups excluding carboxylic acids is 2. The number of ether oxygens (including phenoxy) is 2. The Morgan fingerprint density at radius 3 is 0.848 bits per heavy atom. The molecule has 66 heavy (non-hydrogen) atoms. The summed E-state index contributed by atoms with van der Waals surface area (Å²) in [4.78, 5) is 89.6. The van der Waals surface area contributed by atoms with Crippen LogP contribution in [-0.2, 0) is 9.47 Å². The molecule has 0 saturated carbocycles. The van der Waals surface area contributed by atoms with Crippen LogP contribution >= 0.6 is 7.92 Å². The van der Waals surface area contributed by atoms with Crippen LogP contribution in [0.3, 0.4) is 0 Å². The molecule has 0 spiro atoms. The summed E-state index contributed by atoms with van der Waals surface area (Å²) in [6, 6.07) is 32.3. The van der Waals surface area contributed by atoms with E-state index in [2.05, 4.69) is 167 Å². The summed E-state index contributed by atoms with van der Waals surface area (Å²) < 4.78 is 10.2. The minimum atomic E-state index is -0.898. The fourth-order valence-corrected chi connectivity index (χ4v) is 5.96. The maximum Gasteiger partial charge on any atom is 0.452 e. The molecule has 2 aromatic heterocycles. The molecule has 0 unspecified atom stereocenters. The smallest absolute Gasteiger partial charge is 0.452 e. The molecule has 2 heterocycles. The summed E-state index contributed by atoms with van der Waals surface area (Å²) in [6.07, 6.45) is -1.80. The van der Waals surface area contributed by atoms with Gasteiger partial charge in [-0.15, -0.1) is 21.1 Å². The number of hydrogen-bond donors (Lipinski definition) is 8. The predicted molar refractivity (Wildman–Crippen MR) is 230 cm³/mol. The second-order valence-corrected chi connectivity index (χ2v) is 11.7. The van der Waals surface area contributed by atoms with Crippen LogP contribution in [-0.4, -0.2) is 79.6 Å². The molecule has 0 aliphatic rings. The van der Waals surface area contributed by atoms with Crippen molar-refractivity contribution < 1.29 is 44.6 Å². The molecular weight excluding hydrogens is 1910 g/mol. The summed E-state index contributed by atoms with van der Waals surface area (Å²) in [5, 5.41) is 43.8. The third-order valence-corrected chi connectivity index (χ3v) is 8.30. The Kier molecular flexibility index (Phi) is 49.4. The zero-order valence-corrected chi connectivity index (χ0v) is 63.1. The van der Waals surface area contributed by atoms with Gasteiger partial charge in [0.15, 0.2) is 0 Å². The van der Waals surface area contributed by atoms with Crippen molar-refractivity contribution in [2.75, 3.05) is 13.2 Å². The Balaban J connectivity index is -0.000000107. The minimum Gasteiger partial charge on any atom is -0.569 e. The largest absolute Gasteiger partial charge is 0.569 e. The normalized spacial score (nSPS) is 8.38. The van der Waals surface area contributed by atoms with E-state index in [0.29, 0.717) is 13.7 Å². The monoisotopic (exact) mass is 1960 g/mol. The number of carbonyl (C=O) groups is 2. The molecule has 0 atom stereocenters. The Bertz CT molecular complexity index is 2020. The molecule has 8 N–H and O–H groups in total. The number of aliphatic hydroxyl groups is 5. The summed E-state index contributed by atoms with van der Waals surface area (Å²) in [5.41, 5.74) is -5.02. The van der Waals surface area contributed by atoms with E-state index in [0.717, 1.165) is 0 Å². The van der Waals surface area contributed by atoms with Crippen LogP contribution in [0.15, 0.2) is 130 Å². The number of amides is 2. The van der Waals surface area contributed by atoms with E-state index < -0.39 is 54.2 Å². The Labute approximate surface area is 356 Å². The molecule has 23 nitrogen and oxygen atoms in total. The van der Waals surface area contributed by atoms with Gasteiger partial charge in [-0.2, -0.15) is 0 Å². The molecule has 28 heteroatoms. The van der Waals surface area contributed by atoms with Crippen LogP contribution in [0.1, 0.15) is 13.8 Å². The number of aromatic amines is 3.